The van der Waals surface area contributed by atoms with Gasteiger partial charge < -0.3 is 20.9 Å². The number of nitrogens with one attached hydrogen (secondary N) is 1. The van der Waals surface area contributed by atoms with E-state index in [2.05, 4.69) is 5.32 Å². The predicted molar refractivity (Wildman–Crippen MR) is 95.9 cm³/mol. The van der Waals surface area contributed by atoms with E-state index in [1.165, 1.54) is 4.57 Å². The molecule has 2 aromatic rings. The number of carbonyl (C=O) groups excluding carboxylic acids is 2. The molecule has 0 saturated heterocycles. The second-order valence-corrected chi connectivity index (χ2v) is 6.89. The van der Waals surface area contributed by atoms with Gasteiger partial charge in [0.2, 0.25) is 5.91 Å². The minimum absolute atomic E-state index is 0.0113. The van der Waals surface area contributed by atoms with Gasteiger partial charge in [0.05, 0.1) is 12.1 Å². The summed E-state index contributed by atoms with van der Waals surface area (Å²) in [5.41, 5.74) is 5.78. The van der Waals surface area contributed by atoms with Crippen LogP contribution in [-0.4, -0.2) is 45.8 Å². The van der Waals surface area contributed by atoms with Crippen LogP contribution in [0, 0.1) is 0 Å². The monoisotopic (exact) mass is 361 g/mol. The van der Waals surface area contributed by atoms with Crippen molar-refractivity contribution in [3.8, 4) is 0 Å². The predicted octanol–water partition coefficient (Wildman–Crippen LogP) is 1.50. The number of ether oxygens (including phenoxy) is 1. The standard InChI is InChI=1S/C18H23N3O5/c1-18(2,3)26-17(25)21-10-11(12-6-4-5-7-14(12)21)8-13(16(23)24)20-15(22)9-19/h4-7,10,13H,8-9,19H2,1-3H3,(H,20,22)(H,23,24)/t13-/m0/s1. The van der Waals surface area contributed by atoms with Gasteiger partial charge >= 0.3 is 12.1 Å². The van der Waals surface area contributed by atoms with Crippen LogP contribution in [-0.2, 0) is 20.7 Å². The molecule has 26 heavy (non-hydrogen) atoms. The van der Waals surface area contributed by atoms with Gasteiger partial charge in [-0.25, -0.2) is 9.59 Å². The van der Waals surface area contributed by atoms with Crippen LogP contribution in [0.3, 0.4) is 0 Å². The van der Waals surface area contributed by atoms with Gasteiger partial charge in [0.15, 0.2) is 0 Å². The fourth-order valence-corrected chi connectivity index (χ4v) is 2.55. The number of hydrogen-bond donors (Lipinski definition) is 3. The number of carbonyl (C=O) groups is 3. The summed E-state index contributed by atoms with van der Waals surface area (Å²) < 4.78 is 6.75. The lowest BCUT2D eigenvalue weighted by atomic mass is 10.1. The Morgan fingerprint density at radius 1 is 1.27 bits per heavy atom. The van der Waals surface area contributed by atoms with Crippen LogP contribution in [0.2, 0.25) is 0 Å². The van der Waals surface area contributed by atoms with Crippen molar-refractivity contribution >= 4 is 28.9 Å². The van der Waals surface area contributed by atoms with Crippen LogP contribution < -0.4 is 11.1 Å². The van der Waals surface area contributed by atoms with Crippen molar-refractivity contribution in [1.29, 1.82) is 0 Å². The van der Waals surface area contributed by atoms with Gasteiger partial charge in [-0.2, -0.15) is 0 Å². The normalized spacial score (nSPS) is 12.6. The first-order valence-corrected chi connectivity index (χ1v) is 8.17. The van der Waals surface area contributed by atoms with Crippen molar-refractivity contribution in [2.75, 3.05) is 6.54 Å². The summed E-state index contributed by atoms with van der Waals surface area (Å²) in [6, 6.07) is 5.95. The molecule has 0 bridgehead atoms. The second-order valence-electron chi connectivity index (χ2n) is 6.89. The topological polar surface area (TPSA) is 124 Å². The first-order valence-electron chi connectivity index (χ1n) is 8.17. The summed E-state index contributed by atoms with van der Waals surface area (Å²) in [6.07, 6.45) is 0.999. The molecular weight excluding hydrogens is 338 g/mol. The summed E-state index contributed by atoms with van der Waals surface area (Å²) >= 11 is 0. The number of benzene rings is 1. The number of fused-ring (bicyclic) bond motifs is 1. The third kappa shape index (κ3) is 4.60. The molecule has 2 rings (SSSR count). The highest BCUT2D eigenvalue weighted by molar-refractivity contribution is 5.93. The van der Waals surface area contributed by atoms with Crippen LogP contribution in [0.15, 0.2) is 30.5 Å². The molecule has 1 amide bonds. The number of rotatable bonds is 5. The minimum atomic E-state index is -1.18. The maximum atomic E-state index is 12.5. The molecule has 0 radical (unpaired) electrons. The Labute approximate surface area is 150 Å². The fraction of sp³-hybridized carbons (Fsp3) is 0.389. The molecular formula is C18H23N3O5. The van der Waals surface area contributed by atoms with Crippen molar-refractivity contribution in [2.24, 2.45) is 5.73 Å². The molecule has 0 fully saturated rings. The molecule has 0 unspecified atom stereocenters. The number of amides is 1. The highest BCUT2D eigenvalue weighted by Crippen LogP contribution is 2.24. The molecule has 1 heterocycles. The number of carboxylic acids is 1. The maximum absolute atomic E-state index is 12.5. The van der Waals surface area contributed by atoms with E-state index >= 15 is 0 Å². The average Bonchev–Trinajstić information content (AvgIpc) is 2.91. The van der Waals surface area contributed by atoms with Gasteiger partial charge in [-0.05, 0) is 32.4 Å². The van der Waals surface area contributed by atoms with E-state index in [1.807, 2.05) is 0 Å². The van der Waals surface area contributed by atoms with Gasteiger partial charge in [0, 0.05) is 18.0 Å². The Morgan fingerprint density at radius 3 is 2.50 bits per heavy atom. The van der Waals surface area contributed by atoms with Crippen LogP contribution in [0.5, 0.6) is 0 Å². The number of aromatic nitrogens is 1. The van der Waals surface area contributed by atoms with E-state index in [0.717, 1.165) is 0 Å². The van der Waals surface area contributed by atoms with Crippen molar-refractivity contribution in [1.82, 2.24) is 9.88 Å². The number of para-hydroxylation sites is 1. The number of nitrogens with two attached hydrogens (primary N) is 1. The molecule has 0 aliphatic carbocycles. The number of hydrogen-bond acceptors (Lipinski definition) is 5. The van der Waals surface area contributed by atoms with Crippen molar-refractivity contribution in [3.63, 3.8) is 0 Å². The molecule has 8 heteroatoms. The van der Waals surface area contributed by atoms with Crippen LogP contribution in [0.4, 0.5) is 4.79 Å². The Bertz CT molecular complexity index is 835. The quantitative estimate of drug-likeness (QED) is 0.741. The highest BCUT2D eigenvalue weighted by atomic mass is 16.6. The van der Waals surface area contributed by atoms with Gasteiger partial charge in [-0.3, -0.25) is 9.36 Å². The third-order valence-electron chi connectivity index (χ3n) is 3.63. The molecule has 0 aliphatic rings. The first-order chi connectivity index (χ1) is 12.1. The number of aliphatic carboxylic acids is 1. The minimum Gasteiger partial charge on any atom is -0.480 e. The van der Waals surface area contributed by atoms with Gasteiger partial charge in [-0.1, -0.05) is 18.2 Å². The van der Waals surface area contributed by atoms with Crippen LogP contribution >= 0.6 is 0 Å². The summed E-state index contributed by atoms with van der Waals surface area (Å²) in [5.74, 6) is -1.74. The van der Waals surface area contributed by atoms with E-state index in [9.17, 15) is 19.5 Å². The van der Waals surface area contributed by atoms with Gasteiger partial charge in [0.25, 0.3) is 0 Å². The number of carboxylic acid groups (broad SMARTS) is 1. The Hall–Kier alpha value is -2.87. The molecule has 1 atom stereocenters. The van der Waals surface area contributed by atoms with Crippen molar-refractivity contribution < 1.29 is 24.2 Å². The SMILES string of the molecule is CC(C)(C)OC(=O)n1cc(C[C@H](NC(=O)CN)C(=O)O)c2ccccc21. The largest absolute Gasteiger partial charge is 0.480 e. The Kier molecular flexibility index (Phi) is 5.66. The zero-order chi connectivity index (χ0) is 19.5. The summed E-state index contributed by atoms with van der Waals surface area (Å²) in [6.45, 7) is 4.99. The number of nitrogens with zero attached hydrogens (tertiary/aromatic N) is 1. The van der Waals surface area contributed by atoms with E-state index in [1.54, 1.807) is 51.2 Å². The lowest BCUT2D eigenvalue weighted by molar-refractivity contribution is -0.141. The molecule has 8 nitrogen and oxygen atoms in total. The molecule has 1 aromatic carbocycles. The molecule has 1 aromatic heterocycles. The Balaban J connectivity index is 2.40. The molecule has 0 aliphatic heterocycles. The van der Waals surface area contributed by atoms with E-state index < -0.39 is 29.6 Å². The lowest BCUT2D eigenvalue weighted by Crippen LogP contribution is -2.44. The van der Waals surface area contributed by atoms with E-state index in [-0.39, 0.29) is 13.0 Å². The maximum Gasteiger partial charge on any atom is 0.419 e. The molecule has 4 N–H and O–H groups in total. The van der Waals surface area contributed by atoms with Crippen LogP contribution in [0.25, 0.3) is 10.9 Å². The average molecular weight is 361 g/mol. The van der Waals surface area contributed by atoms with E-state index in [0.29, 0.717) is 16.5 Å². The summed E-state index contributed by atoms with van der Waals surface area (Å²) in [5, 5.41) is 12.4. The highest BCUT2D eigenvalue weighted by Gasteiger charge is 2.24. The third-order valence-corrected chi connectivity index (χ3v) is 3.63. The summed E-state index contributed by atoms with van der Waals surface area (Å²) in [4.78, 5) is 35.4. The molecule has 0 saturated carbocycles. The van der Waals surface area contributed by atoms with Crippen molar-refractivity contribution in [3.05, 3.63) is 36.0 Å². The Morgan fingerprint density at radius 2 is 1.92 bits per heavy atom. The lowest BCUT2D eigenvalue weighted by Gasteiger charge is -2.19. The van der Waals surface area contributed by atoms with Gasteiger partial charge in [0.1, 0.15) is 11.6 Å². The second kappa shape index (κ2) is 7.57. The zero-order valence-corrected chi connectivity index (χ0v) is 15.0. The van der Waals surface area contributed by atoms with Gasteiger partial charge in [-0.15, -0.1) is 0 Å². The van der Waals surface area contributed by atoms with Crippen molar-refractivity contribution in [2.45, 2.75) is 38.8 Å². The zero-order valence-electron chi connectivity index (χ0n) is 15.0. The first kappa shape index (κ1) is 19.5. The molecule has 0 spiro atoms. The summed E-state index contributed by atoms with van der Waals surface area (Å²) in [7, 11) is 0. The van der Waals surface area contributed by atoms with Crippen LogP contribution in [0.1, 0.15) is 26.3 Å². The smallest absolute Gasteiger partial charge is 0.419 e. The van der Waals surface area contributed by atoms with E-state index in [4.69, 9.17) is 10.5 Å². The fourth-order valence-electron chi connectivity index (χ4n) is 2.55. The molecule has 140 valence electrons.